The Bertz CT molecular complexity index is 1150. The maximum atomic E-state index is 12.9. The summed E-state index contributed by atoms with van der Waals surface area (Å²) in [5.74, 6) is -0.925. The number of carbonyl (C=O) groups is 3. The van der Waals surface area contributed by atoms with Crippen molar-refractivity contribution >= 4 is 52.2 Å². The van der Waals surface area contributed by atoms with Gasteiger partial charge in [0.1, 0.15) is 5.56 Å². The average molecular weight is 521 g/mol. The minimum Gasteiger partial charge on any atom is -0.368 e. The molecule has 2 amide bonds. The number of rotatable bonds is 8. The van der Waals surface area contributed by atoms with Crippen molar-refractivity contribution in [2.24, 2.45) is 0 Å². The van der Waals surface area contributed by atoms with Crippen molar-refractivity contribution in [1.29, 1.82) is 0 Å². The number of nitro groups is 1. The average Bonchev–Trinajstić information content (AvgIpc) is 2.84. The van der Waals surface area contributed by atoms with Gasteiger partial charge in [-0.05, 0) is 43.2 Å². The number of hydrogen-bond donors (Lipinski definition) is 1. The molecule has 1 fully saturated rings. The van der Waals surface area contributed by atoms with Crippen LogP contribution in [0.15, 0.2) is 36.4 Å². The number of Topliss-reactive ketones (excluding diaryl/α,β-unsaturated/α-hetero) is 1. The van der Waals surface area contributed by atoms with Gasteiger partial charge in [-0.25, -0.2) is 0 Å². The van der Waals surface area contributed by atoms with E-state index < -0.39 is 16.9 Å². The highest BCUT2D eigenvalue weighted by atomic mass is 35.5. The Hall–Kier alpha value is -3.17. The Morgan fingerprint density at radius 3 is 2.34 bits per heavy atom. The van der Waals surface area contributed by atoms with Crippen molar-refractivity contribution in [2.75, 3.05) is 31.1 Å². The number of halogens is 2. The topological polar surface area (TPSA) is 113 Å². The fraction of sp³-hybridized carbons (Fsp3) is 0.375. The van der Waals surface area contributed by atoms with Crippen molar-refractivity contribution in [3.05, 3.63) is 67.7 Å². The number of amides is 2. The van der Waals surface area contributed by atoms with Crippen LogP contribution in [0.1, 0.15) is 36.2 Å². The van der Waals surface area contributed by atoms with E-state index in [0.717, 1.165) is 5.56 Å². The van der Waals surface area contributed by atoms with E-state index in [1.54, 1.807) is 36.1 Å². The summed E-state index contributed by atoms with van der Waals surface area (Å²) < 4.78 is 0. The number of nitrogens with zero attached hydrogens (tertiary/aromatic N) is 3. The molecule has 186 valence electrons. The Balaban J connectivity index is 1.68. The maximum absolute atomic E-state index is 12.9. The monoisotopic (exact) mass is 520 g/mol. The Kier molecular flexibility index (Phi) is 8.69. The van der Waals surface area contributed by atoms with Crippen molar-refractivity contribution < 1.29 is 19.3 Å². The number of carbonyl (C=O) groups excluding carboxylic acids is 3. The molecule has 1 atom stereocenters. The van der Waals surface area contributed by atoms with E-state index in [-0.39, 0.29) is 29.4 Å². The van der Waals surface area contributed by atoms with Crippen LogP contribution in [-0.4, -0.2) is 59.6 Å². The molecule has 1 aliphatic rings. The third-order valence-electron chi connectivity index (χ3n) is 5.99. The largest absolute Gasteiger partial charge is 0.368 e. The summed E-state index contributed by atoms with van der Waals surface area (Å²) in [5.41, 5.74) is 1.01. The number of ketones is 1. The van der Waals surface area contributed by atoms with Crippen LogP contribution in [0.25, 0.3) is 0 Å². The lowest BCUT2D eigenvalue weighted by Gasteiger charge is -2.35. The second-order valence-corrected chi connectivity index (χ2v) is 9.18. The van der Waals surface area contributed by atoms with Crippen LogP contribution in [-0.2, 0) is 16.0 Å². The van der Waals surface area contributed by atoms with Gasteiger partial charge in [0.25, 0.3) is 11.6 Å². The quantitative estimate of drug-likeness (QED) is 0.417. The number of anilines is 1. The second kappa shape index (κ2) is 11.5. The van der Waals surface area contributed by atoms with Gasteiger partial charge in [-0.3, -0.25) is 24.5 Å². The molecule has 2 aromatic carbocycles. The predicted octanol–water partition coefficient (Wildman–Crippen LogP) is 3.89. The molecule has 0 radical (unpaired) electrons. The predicted molar refractivity (Wildman–Crippen MR) is 134 cm³/mol. The summed E-state index contributed by atoms with van der Waals surface area (Å²) in [6.07, 6.45) is 0.569. The summed E-state index contributed by atoms with van der Waals surface area (Å²) in [5, 5.41) is 15.0. The maximum Gasteiger partial charge on any atom is 0.282 e. The SMILES string of the molecule is CC(=O)N1CCN(c2ccc([N+](=O)[O-])c(C(=O)NC(C)C(=O)CCc3ccc(Cl)c(Cl)c3)c2)CC1. The molecule has 1 unspecified atom stereocenters. The van der Waals surface area contributed by atoms with Gasteiger partial charge in [0.05, 0.1) is 21.0 Å². The number of nitro benzene ring substituents is 1. The first-order valence-corrected chi connectivity index (χ1v) is 11.9. The van der Waals surface area contributed by atoms with Gasteiger partial charge in [-0.2, -0.15) is 0 Å². The standard InChI is InChI=1S/C24H26Cl2N4O5/c1-15(23(32)8-4-17-3-6-20(25)21(26)13-17)27-24(33)19-14-18(5-7-22(19)30(34)35)29-11-9-28(10-12-29)16(2)31/h3,5-7,13-15H,4,8-12H2,1-2H3,(H,27,33). The van der Waals surface area contributed by atoms with Gasteiger partial charge < -0.3 is 15.1 Å². The van der Waals surface area contributed by atoms with Crippen LogP contribution in [0.5, 0.6) is 0 Å². The van der Waals surface area contributed by atoms with Gasteiger partial charge in [0.2, 0.25) is 5.91 Å². The van der Waals surface area contributed by atoms with Crippen molar-refractivity contribution in [3.8, 4) is 0 Å². The van der Waals surface area contributed by atoms with Crippen LogP contribution in [0.2, 0.25) is 10.0 Å². The van der Waals surface area contributed by atoms with E-state index in [2.05, 4.69) is 5.32 Å². The van der Waals surface area contributed by atoms with Crippen LogP contribution in [0.4, 0.5) is 11.4 Å². The molecule has 1 heterocycles. The van der Waals surface area contributed by atoms with E-state index in [1.807, 2.05) is 4.90 Å². The van der Waals surface area contributed by atoms with E-state index in [1.165, 1.54) is 19.1 Å². The fourth-order valence-corrected chi connectivity index (χ4v) is 4.20. The number of nitrogens with one attached hydrogen (secondary N) is 1. The molecule has 11 heteroatoms. The molecule has 9 nitrogen and oxygen atoms in total. The molecule has 0 spiro atoms. The first-order valence-electron chi connectivity index (χ1n) is 11.1. The number of benzene rings is 2. The van der Waals surface area contributed by atoms with Crippen LogP contribution >= 0.6 is 23.2 Å². The summed E-state index contributed by atoms with van der Waals surface area (Å²) in [6, 6.07) is 8.61. The van der Waals surface area contributed by atoms with Crippen molar-refractivity contribution in [2.45, 2.75) is 32.7 Å². The molecular weight excluding hydrogens is 495 g/mol. The lowest BCUT2D eigenvalue weighted by atomic mass is 10.0. The summed E-state index contributed by atoms with van der Waals surface area (Å²) in [4.78, 5) is 51.7. The van der Waals surface area contributed by atoms with E-state index in [4.69, 9.17) is 23.2 Å². The van der Waals surface area contributed by atoms with E-state index in [9.17, 15) is 24.5 Å². The molecule has 2 aromatic rings. The Morgan fingerprint density at radius 2 is 1.74 bits per heavy atom. The fourth-order valence-electron chi connectivity index (χ4n) is 3.88. The number of aryl methyl sites for hydroxylation is 1. The van der Waals surface area contributed by atoms with Gasteiger partial charge >= 0.3 is 0 Å². The van der Waals surface area contributed by atoms with Gasteiger partial charge in [0.15, 0.2) is 5.78 Å². The first-order chi connectivity index (χ1) is 16.6. The minimum absolute atomic E-state index is 0.00812. The smallest absolute Gasteiger partial charge is 0.282 e. The molecule has 1 N–H and O–H groups in total. The van der Waals surface area contributed by atoms with Gasteiger partial charge in [-0.15, -0.1) is 0 Å². The molecule has 0 saturated carbocycles. The Morgan fingerprint density at radius 1 is 1.06 bits per heavy atom. The highest BCUT2D eigenvalue weighted by Crippen LogP contribution is 2.26. The summed E-state index contributed by atoms with van der Waals surface area (Å²) in [7, 11) is 0. The highest BCUT2D eigenvalue weighted by Gasteiger charge is 2.26. The normalized spacial score (nSPS) is 14.4. The van der Waals surface area contributed by atoms with Gasteiger partial charge in [0, 0.05) is 51.3 Å². The second-order valence-electron chi connectivity index (χ2n) is 8.36. The summed E-state index contributed by atoms with van der Waals surface area (Å²) in [6.45, 7) is 5.20. The van der Waals surface area contributed by atoms with Crippen molar-refractivity contribution in [1.82, 2.24) is 10.2 Å². The lowest BCUT2D eigenvalue weighted by molar-refractivity contribution is -0.385. The minimum atomic E-state index is -0.840. The molecule has 0 aliphatic carbocycles. The van der Waals surface area contributed by atoms with Crippen LogP contribution < -0.4 is 10.2 Å². The molecular formula is C24H26Cl2N4O5. The Labute approximate surface area is 213 Å². The highest BCUT2D eigenvalue weighted by molar-refractivity contribution is 6.42. The zero-order chi connectivity index (χ0) is 25.7. The number of hydrogen-bond acceptors (Lipinski definition) is 6. The lowest BCUT2D eigenvalue weighted by Crippen LogP contribution is -2.48. The number of piperazine rings is 1. The molecule has 0 bridgehead atoms. The third-order valence-corrected chi connectivity index (χ3v) is 6.73. The zero-order valence-electron chi connectivity index (χ0n) is 19.4. The van der Waals surface area contributed by atoms with E-state index in [0.29, 0.717) is 48.3 Å². The van der Waals surface area contributed by atoms with Crippen LogP contribution in [0, 0.1) is 10.1 Å². The molecule has 3 rings (SSSR count). The third kappa shape index (κ3) is 6.70. The molecule has 1 aliphatic heterocycles. The van der Waals surface area contributed by atoms with E-state index >= 15 is 0 Å². The summed E-state index contributed by atoms with van der Waals surface area (Å²) >= 11 is 11.9. The zero-order valence-corrected chi connectivity index (χ0v) is 20.9. The van der Waals surface area contributed by atoms with Crippen LogP contribution in [0.3, 0.4) is 0 Å². The molecule has 35 heavy (non-hydrogen) atoms. The van der Waals surface area contributed by atoms with Crippen molar-refractivity contribution in [3.63, 3.8) is 0 Å². The first kappa shape index (κ1) is 26.4. The molecule has 1 saturated heterocycles. The molecule has 0 aromatic heterocycles. The van der Waals surface area contributed by atoms with Gasteiger partial charge in [-0.1, -0.05) is 29.3 Å².